The molecule has 31 heavy (non-hydrogen) atoms. The van der Waals surface area contributed by atoms with Crippen LogP contribution in [0.3, 0.4) is 0 Å². The fourth-order valence-corrected chi connectivity index (χ4v) is 4.12. The van der Waals surface area contributed by atoms with Gasteiger partial charge in [-0.15, -0.1) is 12.4 Å². The molecule has 0 aromatic heterocycles. The molecule has 1 heterocycles. The summed E-state index contributed by atoms with van der Waals surface area (Å²) < 4.78 is 0. The van der Waals surface area contributed by atoms with E-state index in [0.29, 0.717) is 17.1 Å². The minimum Gasteiger partial charge on any atom is -0.339 e. The van der Waals surface area contributed by atoms with Gasteiger partial charge in [0.25, 0.3) is 5.91 Å². The average Bonchev–Trinajstić information content (AvgIpc) is 2.86. The molecule has 0 saturated carbocycles. The molecular weight excluding hydrogens is 429 g/mol. The van der Waals surface area contributed by atoms with E-state index in [2.05, 4.69) is 28.4 Å². The van der Waals surface area contributed by atoms with Gasteiger partial charge in [0.05, 0.1) is 29.2 Å². The predicted octanol–water partition coefficient (Wildman–Crippen LogP) is 6.06. The smallest absolute Gasteiger partial charge is 0.260 e. The van der Waals surface area contributed by atoms with Gasteiger partial charge in [0.15, 0.2) is 0 Å². The van der Waals surface area contributed by atoms with E-state index in [1.807, 2.05) is 60.5 Å². The van der Waals surface area contributed by atoms with Crippen LogP contribution in [0.4, 0.5) is 17.1 Å². The van der Waals surface area contributed by atoms with Gasteiger partial charge in [-0.25, -0.2) is 0 Å². The maximum Gasteiger partial charge on any atom is 0.260 e. The van der Waals surface area contributed by atoms with Crippen molar-refractivity contribution in [2.75, 3.05) is 29.9 Å². The third kappa shape index (κ3) is 5.04. The SMILES string of the molecule is CNCCCCN1c2cc(Cl)ccc2C(=O)N(Cc2ccccc2)c2ccccc21.Cl. The van der Waals surface area contributed by atoms with Gasteiger partial charge >= 0.3 is 0 Å². The summed E-state index contributed by atoms with van der Waals surface area (Å²) in [6.45, 7) is 2.31. The first kappa shape index (κ1) is 23.1. The van der Waals surface area contributed by atoms with Crippen LogP contribution in [0.5, 0.6) is 0 Å². The topological polar surface area (TPSA) is 35.6 Å². The van der Waals surface area contributed by atoms with Crippen LogP contribution >= 0.6 is 24.0 Å². The van der Waals surface area contributed by atoms with Crippen molar-refractivity contribution in [3.05, 3.63) is 88.9 Å². The lowest BCUT2D eigenvalue weighted by Crippen LogP contribution is -2.29. The molecule has 0 spiro atoms. The van der Waals surface area contributed by atoms with Crippen molar-refractivity contribution in [1.29, 1.82) is 0 Å². The molecule has 4 rings (SSSR count). The Kier molecular flexibility index (Phi) is 7.97. The van der Waals surface area contributed by atoms with Crippen LogP contribution in [0.1, 0.15) is 28.8 Å². The van der Waals surface area contributed by atoms with Gasteiger partial charge in [0.2, 0.25) is 0 Å². The van der Waals surface area contributed by atoms with E-state index in [9.17, 15) is 4.79 Å². The van der Waals surface area contributed by atoms with E-state index < -0.39 is 0 Å². The van der Waals surface area contributed by atoms with E-state index in [1.54, 1.807) is 6.07 Å². The Bertz CT molecular complexity index is 1030. The number of benzene rings is 3. The molecule has 0 bridgehead atoms. The fraction of sp³-hybridized carbons (Fsp3) is 0.240. The third-order valence-corrected chi connectivity index (χ3v) is 5.67. The molecule has 1 aliphatic heterocycles. The number of nitrogens with zero attached hydrogens (tertiary/aromatic N) is 2. The molecule has 6 heteroatoms. The molecule has 1 aliphatic rings. The lowest BCUT2D eigenvalue weighted by atomic mass is 10.1. The van der Waals surface area contributed by atoms with Crippen molar-refractivity contribution in [3.63, 3.8) is 0 Å². The number of halogens is 2. The Morgan fingerprint density at radius 2 is 1.52 bits per heavy atom. The van der Waals surface area contributed by atoms with Crippen LogP contribution in [-0.4, -0.2) is 26.0 Å². The zero-order chi connectivity index (χ0) is 20.9. The molecule has 0 atom stereocenters. The zero-order valence-electron chi connectivity index (χ0n) is 17.6. The van der Waals surface area contributed by atoms with Crippen LogP contribution in [0.15, 0.2) is 72.8 Å². The number of anilines is 3. The van der Waals surface area contributed by atoms with Crippen molar-refractivity contribution in [1.82, 2.24) is 5.32 Å². The largest absolute Gasteiger partial charge is 0.339 e. The molecule has 1 N–H and O–H groups in total. The highest BCUT2D eigenvalue weighted by molar-refractivity contribution is 6.31. The maximum atomic E-state index is 13.7. The van der Waals surface area contributed by atoms with Gasteiger partial charge in [-0.2, -0.15) is 0 Å². The van der Waals surface area contributed by atoms with Gasteiger partial charge in [0.1, 0.15) is 0 Å². The second-order valence-corrected chi connectivity index (χ2v) is 7.93. The van der Waals surface area contributed by atoms with Gasteiger partial charge in [-0.1, -0.05) is 54.1 Å². The molecule has 0 aliphatic carbocycles. The zero-order valence-corrected chi connectivity index (χ0v) is 19.1. The van der Waals surface area contributed by atoms with E-state index in [1.165, 1.54) is 0 Å². The first-order valence-electron chi connectivity index (χ1n) is 10.4. The number of rotatable bonds is 7. The second-order valence-electron chi connectivity index (χ2n) is 7.49. The molecule has 0 saturated heterocycles. The summed E-state index contributed by atoms with van der Waals surface area (Å²) >= 11 is 6.36. The number of amides is 1. The summed E-state index contributed by atoms with van der Waals surface area (Å²) in [6, 6.07) is 23.8. The Hall–Kier alpha value is -2.53. The van der Waals surface area contributed by atoms with Crippen molar-refractivity contribution < 1.29 is 4.79 Å². The molecule has 162 valence electrons. The highest BCUT2D eigenvalue weighted by Crippen LogP contribution is 2.42. The molecule has 4 nitrogen and oxygen atoms in total. The van der Waals surface area contributed by atoms with Gasteiger partial charge < -0.3 is 15.1 Å². The van der Waals surface area contributed by atoms with Crippen molar-refractivity contribution in [2.24, 2.45) is 0 Å². The van der Waals surface area contributed by atoms with Crippen LogP contribution in [0.25, 0.3) is 0 Å². The fourth-order valence-electron chi connectivity index (χ4n) is 3.95. The first-order valence-corrected chi connectivity index (χ1v) is 10.7. The summed E-state index contributed by atoms with van der Waals surface area (Å²) in [5, 5.41) is 3.84. The van der Waals surface area contributed by atoms with E-state index in [4.69, 9.17) is 11.6 Å². The summed E-state index contributed by atoms with van der Waals surface area (Å²) in [5.41, 5.74) is 4.61. The van der Waals surface area contributed by atoms with E-state index in [0.717, 1.165) is 48.6 Å². The van der Waals surface area contributed by atoms with Gasteiger partial charge in [-0.3, -0.25) is 4.79 Å². The summed E-state index contributed by atoms with van der Waals surface area (Å²) in [4.78, 5) is 17.8. The lowest BCUT2D eigenvalue weighted by Gasteiger charge is -2.27. The van der Waals surface area contributed by atoms with Crippen LogP contribution in [0, 0.1) is 0 Å². The number of unbranched alkanes of at least 4 members (excludes halogenated alkanes) is 1. The number of para-hydroxylation sites is 2. The summed E-state index contributed by atoms with van der Waals surface area (Å²) in [6.07, 6.45) is 2.07. The molecule has 0 fully saturated rings. The maximum absolute atomic E-state index is 13.7. The number of hydrogen-bond donors (Lipinski definition) is 1. The highest BCUT2D eigenvalue weighted by atomic mass is 35.5. The van der Waals surface area contributed by atoms with Crippen LogP contribution in [0.2, 0.25) is 5.02 Å². The van der Waals surface area contributed by atoms with E-state index >= 15 is 0 Å². The number of nitrogens with one attached hydrogen (secondary N) is 1. The molecule has 3 aromatic rings. The van der Waals surface area contributed by atoms with Gasteiger partial charge in [0, 0.05) is 11.6 Å². The third-order valence-electron chi connectivity index (χ3n) is 5.43. The van der Waals surface area contributed by atoms with Crippen molar-refractivity contribution in [3.8, 4) is 0 Å². The van der Waals surface area contributed by atoms with Crippen LogP contribution in [-0.2, 0) is 6.54 Å². The Morgan fingerprint density at radius 3 is 2.23 bits per heavy atom. The molecule has 0 radical (unpaired) electrons. The van der Waals surface area contributed by atoms with Gasteiger partial charge in [-0.05, 0) is 62.3 Å². The first-order chi connectivity index (χ1) is 14.7. The monoisotopic (exact) mass is 455 g/mol. The Morgan fingerprint density at radius 1 is 0.839 bits per heavy atom. The van der Waals surface area contributed by atoms with Crippen molar-refractivity contribution in [2.45, 2.75) is 19.4 Å². The Labute approximate surface area is 195 Å². The number of fused-ring (bicyclic) bond motifs is 2. The predicted molar refractivity (Wildman–Crippen MR) is 132 cm³/mol. The van der Waals surface area contributed by atoms with Crippen molar-refractivity contribution >= 4 is 47.0 Å². The highest BCUT2D eigenvalue weighted by Gasteiger charge is 2.30. The molecular formula is C25H27Cl2N3O. The normalized spacial score (nSPS) is 12.6. The average molecular weight is 456 g/mol. The van der Waals surface area contributed by atoms with Crippen LogP contribution < -0.4 is 15.1 Å². The number of hydrogen-bond acceptors (Lipinski definition) is 3. The quantitative estimate of drug-likeness (QED) is 0.439. The molecule has 3 aromatic carbocycles. The summed E-state index contributed by atoms with van der Waals surface area (Å²) in [5.74, 6) is -0.00399. The number of carbonyl (C=O) groups excluding carboxylic acids is 1. The molecule has 0 unspecified atom stereocenters. The minimum atomic E-state index is -0.00399. The second kappa shape index (κ2) is 10.7. The minimum absolute atomic E-state index is 0. The number of carbonyl (C=O) groups is 1. The Balaban J connectivity index is 0.00000272. The lowest BCUT2D eigenvalue weighted by molar-refractivity contribution is 0.0986. The van der Waals surface area contributed by atoms with E-state index in [-0.39, 0.29) is 18.3 Å². The standard InChI is InChI=1S/C25H26ClN3O.ClH/c1-27-15-7-8-16-28-22-11-5-6-12-23(22)29(18-19-9-3-2-4-10-19)25(30)21-14-13-20(26)17-24(21)28;/h2-6,9-14,17,27H,7-8,15-16,18H2,1H3;1H. The summed E-state index contributed by atoms with van der Waals surface area (Å²) in [7, 11) is 1.97. The molecule has 1 amide bonds.